The van der Waals surface area contributed by atoms with Gasteiger partial charge in [-0.25, -0.2) is 4.79 Å². The van der Waals surface area contributed by atoms with Crippen LogP contribution in [0.25, 0.3) is 0 Å². The molecule has 1 aromatic rings. The van der Waals surface area contributed by atoms with E-state index < -0.39 is 17.5 Å². The molecule has 0 radical (unpaired) electrons. The molecule has 28 heavy (non-hydrogen) atoms. The molecule has 0 aromatic heterocycles. The number of hydrogen-bond acceptors (Lipinski definition) is 6. The quantitative estimate of drug-likeness (QED) is 0.416. The lowest BCUT2D eigenvalue weighted by atomic mass is 9.98. The summed E-state index contributed by atoms with van der Waals surface area (Å²) in [4.78, 5) is 49.7. The molecule has 0 atom stereocenters. The van der Waals surface area contributed by atoms with Crippen LogP contribution in [-0.4, -0.2) is 54.4 Å². The summed E-state index contributed by atoms with van der Waals surface area (Å²) in [5.74, 6) is -0.413. The molecular formula is C20H24N2O6. The predicted octanol–water partition coefficient (Wildman–Crippen LogP) is 2.07. The molecule has 1 aliphatic carbocycles. The van der Waals surface area contributed by atoms with Crippen LogP contribution in [0.2, 0.25) is 0 Å². The highest BCUT2D eigenvalue weighted by Gasteiger charge is 2.52. The van der Waals surface area contributed by atoms with E-state index in [1.54, 1.807) is 24.3 Å². The van der Waals surface area contributed by atoms with E-state index >= 15 is 0 Å². The maximum absolute atomic E-state index is 12.5. The van der Waals surface area contributed by atoms with Crippen LogP contribution in [0.1, 0.15) is 48.9 Å². The number of carbonyl (C=O) groups is 4. The molecule has 1 N–H and O–H groups in total. The van der Waals surface area contributed by atoms with Gasteiger partial charge in [-0.05, 0) is 43.5 Å². The fourth-order valence-electron chi connectivity index (χ4n) is 3.66. The minimum Gasteiger partial charge on any atom is -0.497 e. The maximum Gasteiger partial charge on any atom is 0.325 e. The summed E-state index contributed by atoms with van der Waals surface area (Å²) in [5, 5.41) is 2.80. The zero-order valence-corrected chi connectivity index (χ0v) is 15.9. The van der Waals surface area contributed by atoms with Gasteiger partial charge in [0.2, 0.25) is 0 Å². The molecule has 2 fully saturated rings. The van der Waals surface area contributed by atoms with Crippen molar-refractivity contribution >= 4 is 23.7 Å². The Balaban J connectivity index is 1.40. The van der Waals surface area contributed by atoms with E-state index in [9.17, 15) is 19.2 Å². The largest absolute Gasteiger partial charge is 0.497 e. The molecule has 0 bridgehead atoms. The van der Waals surface area contributed by atoms with Crippen LogP contribution in [0.5, 0.6) is 5.75 Å². The second-order valence-electron chi connectivity index (χ2n) is 7.09. The fourth-order valence-corrected chi connectivity index (χ4v) is 3.66. The topological polar surface area (TPSA) is 102 Å². The van der Waals surface area contributed by atoms with Crippen LogP contribution < -0.4 is 10.1 Å². The lowest BCUT2D eigenvalue weighted by Crippen LogP contribution is -2.44. The Morgan fingerprint density at radius 3 is 2.46 bits per heavy atom. The summed E-state index contributed by atoms with van der Waals surface area (Å²) in [7, 11) is 1.53. The van der Waals surface area contributed by atoms with Crippen LogP contribution in [0, 0.1) is 0 Å². The second kappa shape index (κ2) is 8.41. The normalized spacial score (nSPS) is 17.7. The standard InChI is InChI=1S/C20H24N2O6/c1-27-15-8-6-14(7-9-15)16(23)13-28-17(24)5-4-12-22-18(25)20(21-19(22)26)10-2-3-11-20/h6-9H,2-5,10-13H2,1H3,(H,21,26). The third-order valence-electron chi connectivity index (χ3n) is 5.24. The van der Waals surface area contributed by atoms with Gasteiger partial charge in [0, 0.05) is 18.5 Å². The number of urea groups is 1. The molecule has 2 aliphatic rings. The summed E-state index contributed by atoms with van der Waals surface area (Å²) >= 11 is 0. The zero-order chi connectivity index (χ0) is 20.1. The number of benzene rings is 1. The summed E-state index contributed by atoms with van der Waals surface area (Å²) in [6.45, 7) is -0.189. The lowest BCUT2D eigenvalue weighted by molar-refractivity contribution is -0.143. The number of nitrogens with zero attached hydrogens (tertiary/aromatic N) is 1. The molecule has 1 aliphatic heterocycles. The molecule has 8 nitrogen and oxygen atoms in total. The SMILES string of the molecule is COc1ccc(C(=O)COC(=O)CCCN2C(=O)NC3(CCCC3)C2=O)cc1. The van der Waals surface area contributed by atoms with E-state index in [-0.39, 0.29) is 31.3 Å². The molecular weight excluding hydrogens is 364 g/mol. The monoisotopic (exact) mass is 388 g/mol. The smallest absolute Gasteiger partial charge is 0.325 e. The zero-order valence-electron chi connectivity index (χ0n) is 15.9. The van der Waals surface area contributed by atoms with Crippen LogP contribution >= 0.6 is 0 Å². The number of methoxy groups -OCH3 is 1. The molecule has 3 amide bonds. The number of imide groups is 1. The van der Waals surface area contributed by atoms with Crippen molar-refractivity contribution in [3.05, 3.63) is 29.8 Å². The van der Waals surface area contributed by atoms with Crippen LogP contribution in [0.3, 0.4) is 0 Å². The average molecular weight is 388 g/mol. The first-order valence-corrected chi connectivity index (χ1v) is 9.42. The maximum atomic E-state index is 12.5. The molecule has 1 heterocycles. The van der Waals surface area contributed by atoms with Crippen LogP contribution in [0.15, 0.2) is 24.3 Å². The van der Waals surface area contributed by atoms with Crippen molar-refractivity contribution in [3.63, 3.8) is 0 Å². The van der Waals surface area contributed by atoms with Crippen molar-refractivity contribution < 1.29 is 28.7 Å². The average Bonchev–Trinajstić information content (AvgIpc) is 3.26. The van der Waals surface area contributed by atoms with Gasteiger partial charge in [0.1, 0.15) is 11.3 Å². The number of carbonyl (C=O) groups excluding carboxylic acids is 4. The van der Waals surface area contributed by atoms with Crippen LogP contribution in [-0.2, 0) is 14.3 Å². The number of ether oxygens (including phenoxy) is 2. The highest BCUT2D eigenvalue weighted by Crippen LogP contribution is 2.35. The van der Waals surface area contributed by atoms with Gasteiger partial charge in [0.25, 0.3) is 5.91 Å². The lowest BCUT2D eigenvalue weighted by Gasteiger charge is -2.19. The van der Waals surface area contributed by atoms with Crippen molar-refractivity contribution in [2.75, 3.05) is 20.3 Å². The Kier molecular flexibility index (Phi) is 5.96. The van der Waals surface area contributed by atoms with Gasteiger partial charge < -0.3 is 14.8 Å². The minimum absolute atomic E-state index is 0.0277. The van der Waals surface area contributed by atoms with Gasteiger partial charge >= 0.3 is 12.0 Å². The fraction of sp³-hybridized carbons (Fsp3) is 0.500. The first kappa shape index (κ1) is 19.9. The van der Waals surface area contributed by atoms with Gasteiger partial charge in [-0.2, -0.15) is 0 Å². The highest BCUT2D eigenvalue weighted by molar-refractivity contribution is 6.07. The number of esters is 1. The summed E-state index contributed by atoms with van der Waals surface area (Å²) < 4.78 is 10.0. The Bertz CT molecular complexity index is 767. The second-order valence-corrected chi connectivity index (χ2v) is 7.09. The van der Waals surface area contributed by atoms with E-state index in [1.807, 2.05) is 0 Å². The third-order valence-corrected chi connectivity index (χ3v) is 5.24. The van der Waals surface area contributed by atoms with E-state index in [0.717, 1.165) is 12.8 Å². The molecule has 1 spiro atoms. The highest BCUT2D eigenvalue weighted by atomic mass is 16.5. The van der Waals surface area contributed by atoms with Gasteiger partial charge in [0.15, 0.2) is 12.4 Å². The predicted molar refractivity (Wildman–Crippen MR) is 99.0 cm³/mol. The summed E-state index contributed by atoms with van der Waals surface area (Å²) in [6, 6.07) is 6.13. The Labute approximate surface area is 163 Å². The number of ketones is 1. The van der Waals surface area contributed by atoms with E-state index in [1.165, 1.54) is 12.0 Å². The van der Waals surface area contributed by atoms with Crippen molar-refractivity contribution in [1.29, 1.82) is 0 Å². The van der Waals surface area contributed by atoms with Crippen molar-refractivity contribution in [2.45, 2.75) is 44.1 Å². The number of Topliss-reactive ketones (excluding diaryl/α,β-unsaturated/α-hetero) is 1. The molecule has 1 aromatic carbocycles. The number of nitrogens with one attached hydrogen (secondary N) is 1. The molecule has 150 valence electrons. The number of amides is 3. The number of rotatable bonds is 8. The Hall–Kier alpha value is -2.90. The van der Waals surface area contributed by atoms with E-state index in [2.05, 4.69) is 5.32 Å². The molecule has 1 saturated carbocycles. The third kappa shape index (κ3) is 4.16. The molecule has 3 rings (SSSR count). The van der Waals surface area contributed by atoms with E-state index in [4.69, 9.17) is 9.47 Å². The van der Waals surface area contributed by atoms with Gasteiger partial charge in [-0.15, -0.1) is 0 Å². The van der Waals surface area contributed by atoms with Crippen molar-refractivity contribution in [1.82, 2.24) is 10.2 Å². The molecule has 1 saturated heterocycles. The van der Waals surface area contributed by atoms with Crippen molar-refractivity contribution in [3.8, 4) is 5.75 Å². The molecule has 8 heteroatoms. The minimum atomic E-state index is -0.734. The van der Waals surface area contributed by atoms with Gasteiger partial charge in [-0.3, -0.25) is 19.3 Å². The Morgan fingerprint density at radius 2 is 1.82 bits per heavy atom. The molecule has 0 unspecified atom stereocenters. The van der Waals surface area contributed by atoms with Gasteiger partial charge in [0.05, 0.1) is 7.11 Å². The number of hydrogen-bond donors (Lipinski definition) is 1. The first-order valence-electron chi connectivity index (χ1n) is 9.42. The summed E-state index contributed by atoms with van der Waals surface area (Å²) in [5.41, 5.74) is -0.308. The van der Waals surface area contributed by atoms with Gasteiger partial charge in [-0.1, -0.05) is 12.8 Å². The Morgan fingerprint density at radius 1 is 1.14 bits per heavy atom. The summed E-state index contributed by atoms with van der Waals surface area (Å²) in [6.07, 6.45) is 3.51. The van der Waals surface area contributed by atoms with E-state index in [0.29, 0.717) is 30.6 Å². The first-order chi connectivity index (χ1) is 13.4. The van der Waals surface area contributed by atoms with Crippen molar-refractivity contribution in [2.24, 2.45) is 0 Å². The van der Waals surface area contributed by atoms with Crippen LogP contribution in [0.4, 0.5) is 4.79 Å².